The average molecular weight is 923 g/mol. The van der Waals surface area contributed by atoms with Gasteiger partial charge in [-0.3, -0.25) is 19.2 Å². The number of thiophene rings is 2. The van der Waals surface area contributed by atoms with E-state index in [1.165, 1.54) is 60.8 Å². The van der Waals surface area contributed by atoms with Crippen LogP contribution in [-0.2, 0) is 5.41 Å². The number of ketones is 4. The van der Waals surface area contributed by atoms with E-state index in [-0.39, 0.29) is 39.7 Å². The minimum absolute atomic E-state index is 0.201. The number of Topliss-reactive ketones (excluding diaryl/α,β-unsaturated/α-hetero) is 4. The highest BCUT2D eigenvalue weighted by molar-refractivity contribution is 7.16. The van der Waals surface area contributed by atoms with Crippen LogP contribution in [0.2, 0.25) is 0 Å². The zero-order valence-electron chi connectivity index (χ0n) is 39.9. The molecule has 0 radical (unpaired) electrons. The van der Waals surface area contributed by atoms with Gasteiger partial charge in [0.05, 0.1) is 11.1 Å². The molecule has 6 aromatic rings. The third-order valence-corrected chi connectivity index (χ3v) is 16.8. The van der Waals surface area contributed by atoms with Gasteiger partial charge in [-0.25, -0.2) is 0 Å². The predicted molar refractivity (Wildman–Crippen MR) is 280 cm³/mol. The van der Waals surface area contributed by atoms with Crippen molar-refractivity contribution >= 4 is 58.0 Å². The number of hydrogen-bond acceptors (Lipinski definition) is 6. The van der Waals surface area contributed by atoms with Gasteiger partial charge in [0, 0.05) is 47.2 Å². The van der Waals surface area contributed by atoms with Crippen molar-refractivity contribution in [3.63, 3.8) is 0 Å². The summed E-state index contributed by atoms with van der Waals surface area (Å²) in [6.07, 6.45) is 15.4. The van der Waals surface area contributed by atoms with Crippen LogP contribution in [0.1, 0.15) is 168 Å². The number of fused-ring (bicyclic) bond motifs is 5. The summed E-state index contributed by atoms with van der Waals surface area (Å²) in [4.78, 5) is 57.3. The van der Waals surface area contributed by atoms with Crippen molar-refractivity contribution in [2.75, 3.05) is 0 Å². The highest BCUT2D eigenvalue weighted by Gasteiger charge is 2.44. The Morgan fingerprint density at radius 3 is 1.16 bits per heavy atom. The number of carbonyl (C=O) groups excluding carboxylic acids is 4. The largest absolute Gasteiger partial charge is 0.288 e. The van der Waals surface area contributed by atoms with E-state index in [4.69, 9.17) is 0 Å². The summed E-state index contributed by atoms with van der Waals surface area (Å²) >= 11 is 3.26. The van der Waals surface area contributed by atoms with Gasteiger partial charge >= 0.3 is 0 Å². The van der Waals surface area contributed by atoms with Crippen molar-refractivity contribution in [1.29, 1.82) is 0 Å². The second-order valence-corrected chi connectivity index (χ2v) is 22.7. The van der Waals surface area contributed by atoms with Crippen LogP contribution in [0.3, 0.4) is 0 Å². The molecule has 2 atom stereocenters. The molecule has 4 nitrogen and oxygen atoms in total. The summed E-state index contributed by atoms with van der Waals surface area (Å²) in [6, 6.07) is 36.7. The van der Waals surface area contributed by atoms with Gasteiger partial charge < -0.3 is 0 Å². The average Bonchev–Trinajstić information content (AvgIpc) is 4.14. The highest BCUT2D eigenvalue weighted by atomic mass is 32.1. The molecular weight excluding hydrogens is 861 g/mol. The molecule has 4 aromatic carbocycles. The molecule has 0 aliphatic heterocycles. The Morgan fingerprint density at radius 1 is 0.433 bits per heavy atom. The lowest BCUT2D eigenvalue weighted by molar-refractivity contribution is 0.0975. The summed E-state index contributed by atoms with van der Waals surface area (Å²) in [5, 5.41) is 0. The van der Waals surface area contributed by atoms with Crippen molar-refractivity contribution in [3.8, 4) is 32.0 Å². The Morgan fingerprint density at radius 2 is 0.806 bits per heavy atom. The van der Waals surface area contributed by atoms with Crippen molar-refractivity contribution < 1.29 is 19.2 Å². The SMILES string of the molecule is CC(C)CCCC(C)CCC1(CCC(C)CCCC(C)C)c2cc(-c3ccc(C=C4C(=O)c5ccccc5C4=O)s3)ccc2-c2ccc(-c3ccc(C=C4C(=O)c5ccccc5C4=O)s3)cc21. The molecule has 0 fully saturated rings. The molecule has 0 bridgehead atoms. The number of rotatable bonds is 18. The van der Waals surface area contributed by atoms with E-state index in [2.05, 4.69) is 90.1 Å². The van der Waals surface area contributed by atoms with E-state index in [0.29, 0.717) is 45.9 Å². The first-order valence-corrected chi connectivity index (χ1v) is 26.2. The van der Waals surface area contributed by atoms with Gasteiger partial charge in [0.25, 0.3) is 0 Å². The highest BCUT2D eigenvalue weighted by Crippen LogP contribution is 2.57. The molecule has 2 heterocycles. The van der Waals surface area contributed by atoms with Crippen molar-refractivity contribution in [2.24, 2.45) is 23.7 Å². The third kappa shape index (κ3) is 9.37. The fourth-order valence-corrected chi connectivity index (χ4v) is 12.6. The monoisotopic (exact) mass is 922 g/mol. The molecule has 342 valence electrons. The molecule has 3 aliphatic rings. The number of carbonyl (C=O) groups is 4. The molecule has 0 N–H and O–H groups in total. The second-order valence-electron chi connectivity index (χ2n) is 20.5. The molecule has 67 heavy (non-hydrogen) atoms. The van der Waals surface area contributed by atoms with Crippen LogP contribution in [0.15, 0.2) is 120 Å². The molecule has 3 aliphatic carbocycles. The molecule has 6 heteroatoms. The van der Waals surface area contributed by atoms with E-state index in [0.717, 1.165) is 56.3 Å². The van der Waals surface area contributed by atoms with Gasteiger partial charge in [-0.1, -0.05) is 153 Å². The van der Waals surface area contributed by atoms with Gasteiger partial charge in [0.1, 0.15) is 0 Å². The van der Waals surface area contributed by atoms with Gasteiger partial charge in [-0.2, -0.15) is 0 Å². The van der Waals surface area contributed by atoms with Crippen LogP contribution in [0.25, 0.3) is 44.2 Å². The zero-order chi connectivity index (χ0) is 47.0. The first-order valence-electron chi connectivity index (χ1n) is 24.6. The van der Waals surface area contributed by atoms with Gasteiger partial charge in [-0.15, -0.1) is 22.7 Å². The van der Waals surface area contributed by atoms with E-state index in [9.17, 15) is 19.2 Å². The number of allylic oxidation sites excluding steroid dienone is 2. The number of benzene rings is 4. The van der Waals surface area contributed by atoms with E-state index < -0.39 is 0 Å². The smallest absolute Gasteiger partial charge is 0.197 e. The molecular formula is C61H62O4S2. The van der Waals surface area contributed by atoms with Crippen LogP contribution < -0.4 is 0 Å². The molecule has 0 saturated carbocycles. The fourth-order valence-electron chi connectivity index (χ4n) is 10.8. The quantitative estimate of drug-likeness (QED) is 0.0636. The van der Waals surface area contributed by atoms with Crippen molar-refractivity contribution in [3.05, 3.63) is 163 Å². The van der Waals surface area contributed by atoms with Gasteiger partial charge in [0.2, 0.25) is 0 Å². The van der Waals surface area contributed by atoms with Gasteiger partial charge in [0.15, 0.2) is 23.1 Å². The topological polar surface area (TPSA) is 68.3 Å². The maximum atomic E-state index is 13.3. The molecule has 0 saturated heterocycles. The lowest BCUT2D eigenvalue weighted by Crippen LogP contribution is -2.27. The van der Waals surface area contributed by atoms with Crippen LogP contribution in [-0.4, -0.2) is 23.1 Å². The lowest BCUT2D eigenvalue weighted by Gasteiger charge is -2.35. The maximum Gasteiger partial charge on any atom is 0.197 e. The Bertz CT molecular complexity index is 2680. The van der Waals surface area contributed by atoms with E-state index in [1.807, 2.05) is 36.4 Å². The van der Waals surface area contributed by atoms with Crippen LogP contribution in [0.5, 0.6) is 0 Å². The Labute approximate surface area is 405 Å². The molecule has 2 aromatic heterocycles. The molecule has 9 rings (SSSR count). The third-order valence-electron chi connectivity index (χ3n) is 14.7. The van der Waals surface area contributed by atoms with Crippen molar-refractivity contribution in [1.82, 2.24) is 0 Å². The second kappa shape index (κ2) is 19.6. The summed E-state index contributed by atoms with van der Waals surface area (Å²) in [6.45, 7) is 14.2. The Balaban J connectivity index is 1.09. The first-order chi connectivity index (χ1) is 32.3. The standard InChI is InChI=1S/C61H62O4S2/c1-37(2)13-11-15-39(5)29-31-61(32-30-40(6)16-12-14-38(3)4)53-33-41(55-27-23-43(66-55)35-51-57(62)47-17-7-8-18-48(47)58(51)63)21-25-45(53)46-26-22-42(34-54(46)61)56-28-24-44(67-56)36-52-59(64)49-19-9-10-20-50(49)60(52)65/h7-10,17-28,33-40H,11-16,29-32H2,1-6H3. The van der Waals surface area contributed by atoms with Crippen LogP contribution >= 0.6 is 22.7 Å². The zero-order valence-corrected chi connectivity index (χ0v) is 41.5. The van der Waals surface area contributed by atoms with Crippen LogP contribution in [0.4, 0.5) is 0 Å². The minimum Gasteiger partial charge on any atom is -0.288 e. The lowest BCUT2D eigenvalue weighted by atomic mass is 9.68. The van der Waals surface area contributed by atoms with Crippen molar-refractivity contribution in [2.45, 2.75) is 111 Å². The molecule has 0 amide bonds. The summed E-state index contributed by atoms with van der Waals surface area (Å²) in [5.74, 6) is 1.79. The molecule has 0 spiro atoms. The Hall–Kier alpha value is -5.56. The first kappa shape index (κ1) is 46.5. The normalized spacial score (nSPS) is 15.6. The number of hydrogen-bond donors (Lipinski definition) is 0. The maximum absolute atomic E-state index is 13.3. The van der Waals surface area contributed by atoms with Crippen LogP contribution in [0, 0.1) is 23.7 Å². The summed E-state index contributed by atoms with van der Waals surface area (Å²) in [7, 11) is 0. The minimum atomic E-state index is -0.206. The summed E-state index contributed by atoms with van der Waals surface area (Å²) < 4.78 is 0. The Kier molecular flexibility index (Phi) is 13.6. The molecule has 2 unspecified atom stereocenters. The fraction of sp³-hybridized carbons (Fsp3) is 0.344. The van der Waals surface area contributed by atoms with Gasteiger partial charge in [-0.05, 0) is 131 Å². The van der Waals surface area contributed by atoms with E-state index in [1.54, 1.807) is 59.1 Å². The predicted octanol–water partition coefficient (Wildman–Crippen LogP) is 16.8. The van der Waals surface area contributed by atoms with E-state index >= 15 is 0 Å². The summed E-state index contributed by atoms with van der Waals surface area (Å²) in [5.41, 5.74) is 9.92.